The second-order valence-corrected chi connectivity index (χ2v) is 16.0. The largest absolute Gasteiger partial charge is 0.486 e. The van der Waals surface area contributed by atoms with Crippen LogP contribution in [-0.4, -0.2) is 73.9 Å². The lowest BCUT2D eigenvalue weighted by Gasteiger charge is -2.30. The molecule has 1 aromatic carbocycles. The first kappa shape index (κ1) is 27.2. The molecule has 1 fully saturated rings. The first-order valence-electron chi connectivity index (χ1n) is 12.4. The number of amides is 1. The van der Waals surface area contributed by atoms with Crippen molar-refractivity contribution in [1.29, 1.82) is 5.26 Å². The second-order valence-electron chi connectivity index (χ2n) is 10.4. The maximum absolute atomic E-state index is 14.9. The van der Waals surface area contributed by atoms with Gasteiger partial charge < -0.3 is 19.5 Å². The predicted octanol–water partition coefficient (Wildman–Crippen LogP) is 3.75. The molecular weight excluding hydrogens is 511 g/mol. The minimum absolute atomic E-state index is 0.0190. The predicted molar refractivity (Wildman–Crippen MR) is 136 cm³/mol. The number of hydrogen-bond acceptors (Lipinski definition) is 8. The number of tetrazole rings is 1. The van der Waals surface area contributed by atoms with Crippen LogP contribution < -0.4 is 4.74 Å². The molecule has 0 bridgehead atoms. The fourth-order valence-electron chi connectivity index (χ4n) is 4.15. The number of nitrogens with zero attached hydrogens (tertiary/aromatic N) is 8. The Morgan fingerprint density at radius 2 is 2.05 bits per heavy atom. The van der Waals surface area contributed by atoms with Gasteiger partial charge in [-0.05, 0) is 47.5 Å². The standard InChI is InChI=1S/C24H31FN8O4Si/c1-38(2,3)11-10-36-16-32-23(28-29-30-32)17-4-5-22(20(25)12-17)37-15-18-14-27-33(21(18)13-26)19-6-8-31(9-7-19)24(34)35/h4-5,12,14,19H,6-11,15-16H2,1-3H3,(H,34,35). The molecule has 0 aliphatic carbocycles. The lowest BCUT2D eigenvalue weighted by molar-refractivity contribution is 0.0784. The average molecular weight is 543 g/mol. The van der Waals surface area contributed by atoms with Crippen LogP contribution in [0.1, 0.15) is 30.1 Å². The Bertz CT molecular complexity index is 1310. The van der Waals surface area contributed by atoms with E-state index in [0.717, 1.165) is 6.04 Å². The quantitative estimate of drug-likeness (QED) is 0.299. The van der Waals surface area contributed by atoms with Crippen molar-refractivity contribution in [1.82, 2.24) is 34.9 Å². The number of carboxylic acid groups (broad SMARTS) is 1. The van der Waals surface area contributed by atoms with E-state index < -0.39 is 20.0 Å². The number of hydrogen-bond donors (Lipinski definition) is 1. The normalized spacial score (nSPS) is 14.4. The Morgan fingerprint density at radius 1 is 1.29 bits per heavy atom. The molecule has 202 valence electrons. The molecule has 14 heteroatoms. The average Bonchev–Trinajstić information content (AvgIpc) is 3.52. The zero-order chi connectivity index (χ0) is 27.3. The van der Waals surface area contributed by atoms with Crippen molar-refractivity contribution in [3.8, 4) is 23.2 Å². The summed E-state index contributed by atoms with van der Waals surface area (Å²) >= 11 is 0. The zero-order valence-electron chi connectivity index (χ0n) is 21.7. The van der Waals surface area contributed by atoms with Gasteiger partial charge in [0.05, 0.1) is 12.2 Å². The number of carbonyl (C=O) groups is 1. The summed E-state index contributed by atoms with van der Waals surface area (Å²) in [4.78, 5) is 12.5. The summed E-state index contributed by atoms with van der Waals surface area (Å²) in [5, 5.41) is 34.8. The Hall–Kier alpha value is -3.83. The van der Waals surface area contributed by atoms with Crippen LogP contribution in [0.2, 0.25) is 25.7 Å². The van der Waals surface area contributed by atoms with Gasteiger partial charge in [0, 0.05) is 38.9 Å². The van der Waals surface area contributed by atoms with Gasteiger partial charge >= 0.3 is 6.09 Å². The molecule has 4 rings (SSSR count). The summed E-state index contributed by atoms with van der Waals surface area (Å²) in [6.45, 7) is 8.30. The Balaban J connectivity index is 1.38. The summed E-state index contributed by atoms with van der Waals surface area (Å²) in [5.41, 5.74) is 1.33. The van der Waals surface area contributed by atoms with Gasteiger partial charge in [-0.25, -0.2) is 9.18 Å². The Labute approximate surface area is 220 Å². The van der Waals surface area contributed by atoms with Crippen LogP contribution >= 0.6 is 0 Å². The first-order valence-corrected chi connectivity index (χ1v) is 16.1. The van der Waals surface area contributed by atoms with Gasteiger partial charge in [0.2, 0.25) is 0 Å². The van der Waals surface area contributed by atoms with E-state index in [2.05, 4.69) is 46.3 Å². The number of rotatable bonds is 10. The van der Waals surface area contributed by atoms with Crippen molar-refractivity contribution in [3.63, 3.8) is 0 Å². The molecule has 0 saturated carbocycles. The highest BCUT2D eigenvalue weighted by Gasteiger charge is 2.26. The fraction of sp³-hybridized carbons (Fsp3) is 0.500. The molecule has 0 unspecified atom stereocenters. The van der Waals surface area contributed by atoms with E-state index in [9.17, 15) is 14.4 Å². The van der Waals surface area contributed by atoms with Crippen molar-refractivity contribution in [2.24, 2.45) is 0 Å². The number of piperidine rings is 1. The third-order valence-corrected chi connectivity index (χ3v) is 8.08. The summed E-state index contributed by atoms with van der Waals surface area (Å²) in [5.74, 6) is -0.195. The molecule has 3 heterocycles. The van der Waals surface area contributed by atoms with Crippen LogP contribution in [-0.2, 0) is 18.1 Å². The van der Waals surface area contributed by atoms with Crippen LogP contribution in [0.5, 0.6) is 5.75 Å². The minimum atomic E-state index is -1.22. The molecule has 1 aliphatic heterocycles. The molecule has 1 saturated heterocycles. The molecule has 38 heavy (non-hydrogen) atoms. The van der Waals surface area contributed by atoms with Gasteiger partial charge in [0.25, 0.3) is 0 Å². The number of nitriles is 1. The fourth-order valence-corrected chi connectivity index (χ4v) is 4.90. The highest BCUT2D eigenvalue weighted by atomic mass is 28.3. The van der Waals surface area contributed by atoms with Crippen LogP contribution in [0, 0.1) is 17.1 Å². The number of ether oxygens (including phenoxy) is 2. The van der Waals surface area contributed by atoms with E-state index in [1.807, 2.05) is 0 Å². The van der Waals surface area contributed by atoms with Crippen LogP contribution in [0.15, 0.2) is 24.4 Å². The summed E-state index contributed by atoms with van der Waals surface area (Å²) in [7, 11) is -1.22. The molecule has 12 nitrogen and oxygen atoms in total. The van der Waals surface area contributed by atoms with Gasteiger partial charge in [-0.2, -0.15) is 15.0 Å². The van der Waals surface area contributed by atoms with E-state index in [-0.39, 0.29) is 25.1 Å². The van der Waals surface area contributed by atoms with Crippen molar-refractivity contribution in [2.45, 2.75) is 57.9 Å². The van der Waals surface area contributed by atoms with E-state index in [1.165, 1.54) is 27.9 Å². The number of benzene rings is 1. The molecule has 3 aromatic rings. The lowest BCUT2D eigenvalue weighted by Crippen LogP contribution is -2.38. The van der Waals surface area contributed by atoms with Gasteiger partial charge in [-0.3, -0.25) is 4.68 Å². The van der Waals surface area contributed by atoms with Crippen LogP contribution in [0.3, 0.4) is 0 Å². The van der Waals surface area contributed by atoms with Gasteiger partial charge in [0.15, 0.2) is 17.4 Å². The van der Waals surface area contributed by atoms with Gasteiger partial charge in [-0.15, -0.1) is 5.10 Å². The Morgan fingerprint density at radius 3 is 2.71 bits per heavy atom. The SMILES string of the molecule is C[Si](C)(C)CCOCn1nnnc1-c1ccc(OCc2cnn(C3CCN(C(=O)O)CC3)c2C#N)c(F)c1. The highest BCUT2D eigenvalue weighted by Crippen LogP contribution is 2.27. The van der Waals surface area contributed by atoms with E-state index in [0.29, 0.717) is 55.2 Å². The topological polar surface area (TPSA) is 144 Å². The summed E-state index contributed by atoms with van der Waals surface area (Å²) in [6, 6.07) is 7.53. The van der Waals surface area contributed by atoms with Crippen LogP contribution in [0.25, 0.3) is 11.4 Å². The third-order valence-electron chi connectivity index (χ3n) is 6.37. The van der Waals surface area contributed by atoms with Crippen molar-refractivity contribution in [3.05, 3.63) is 41.5 Å². The number of halogens is 1. The van der Waals surface area contributed by atoms with Crippen molar-refractivity contribution < 1.29 is 23.8 Å². The molecule has 1 N–H and O–H groups in total. The molecule has 0 spiro atoms. The highest BCUT2D eigenvalue weighted by molar-refractivity contribution is 6.76. The van der Waals surface area contributed by atoms with E-state index in [1.54, 1.807) is 10.7 Å². The molecule has 1 amide bonds. The maximum atomic E-state index is 14.9. The zero-order valence-corrected chi connectivity index (χ0v) is 22.7. The first-order chi connectivity index (χ1) is 18.2. The van der Waals surface area contributed by atoms with Gasteiger partial charge in [0.1, 0.15) is 25.1 Å². The van der Waals surface area contributed by atoms with Crippen LogP contribution in [0.4, 0.5) is 9.18 Å². The monoisotopic (exact) mass is 542 g/mol. The third kappa shape index (κ3) is 6.53. The smallest absolute Gasteiger partial charge is 0.407 e. The number of likely N-dealkylation sites (tertiary alicyclic amines) is 1. The summed E-state index contributed by atoms with van der Waals surface area (Å²) in [6.07, 6.45) is 1.70. The van der Waals surface area contributed by atoms with Crippen molar-refractivity contribution >= 4 is 14.2 Å². The molecule has 2 aromatic heterocycles. The second kappa shape index (κ2) is 11.7. The minimum Gasteiger partial charge on any atom is -0.486 e. The lowest BCUT2D eigenvalue weighted by atomic mass is 10.1. The molecular formula is C24H31FN8O4Si. The molecule has 0 atom stereocenters. The Kier molecular flexibility index (Phi) is 8.37. The number of aromatic nitrogens is 6. The summed E-state index contributed by atoms with van der Waals surface area (Å²) < 4.78 is 29.4. The van der Waals surface area contributed by atoms with E-state index >= 15 is 0 Å². The van der Waals surface area contributed by atoms with E-state index in [4.69, 9.17) is 14.6 Å². The molecule has 0 radical (unpaired) electrons. The van der Waals surface area contributed by atoms with Crippen molar-refractivity contribution in [2.75, 3.05) is 19.7 Å². The maximum Gasteiger partial charge on any atom is 0.407 e. The molecule has 1 aliphatic rings. The van der Waals surface area contributed by atoms with Gasteiger partial charge in [-0.1, -0.05) is 19.6 Å².